The van der Waals surface area contributed by atoms with Gasteiger partial charge in [0.15, 0.2) is 0 Å². The molecule has 1 N–H and O–H groups in total. The van der Waals surface area contributed by atoms with E-state index in [0.717, 1.165) is 0 Å². The van der Waals surface area contributed by atoms with Gasteiger partial charge in [-0.3, -0.25) is 0 Å². The van der Waals surface area contributed by atoms with Gasteiger partial charge in [-0.05, 0) is 20.8 Å². The molecule has 4 nitrogen and oxygen atoms in total. The molecule has 1 atom stereocenters. The van der Waals surface area contributed by atoms with Crippen LogP contribution in [-0.4, -0.2) is 28.3 Å². The van der Waals surface area contributed by atoms with Crippen LogP contribution < -0.4 is 10.1 Å². The number of hydrogen-bond donors (Lipinski definition) is 1. The molecule has 0 bridgehead atoms. The van der Waals surface area contributed by atoms with E-state index >= 15 is 0 Å². The zero-order valence-electron chi connectivity index (χ0n) is 10.5. The van der Waals surface area contributed by atoms with Gasteiger partial charge in [0.2, 0.25) is 11.8 Å². The Kier molecular flexibility index (Phi) is 4.75. The number of hydrogen-bond acceptors (Lipinski definition) is 4. The molecule has 0 saturated heterocycles. The predicted molar refractivity (Wildman–Crippen MR) is 61.6 cm³/mol. The fraction of sp³-hybridized carbons (Fsp3) is 0.636. The molecule has 0 aliphatic rings. The lowest BCUT2D eigenvalue weighted by atomic mass is 10.2. The van der Waals surface area contributed by atoms with E-state index in [9.17, 15) is 13.2 Å². The highest BCUT2D eigenvalue weighted by Crippen LogP contribution is 2.22. The van der Waals surface area contributed by atoms with Crippen LogP contribution in [0.2, 0.25) is 0 Å². The summed E-state index contributed by atoms with van der Waals surface area (Å²) in [7, 11) is 0. The molecule has 18 heavy (non-hydrogen) atoms. The summed E-state index contributed by atoms with van der Waals surface area (Å²) < 4.78 is 41.8. The fourth-order valence-electron chi connectivity index (χ4n) is 1.34. The van der Waals surface area contributed by atoms with E-state index in [1.165, 1.54) is 13.1 Å². The lowest BCUT2D eigenvalue weighted by Crippen LogP contribution is -2.24. The van der Waals surface area contributed by atoms with Crippen molar-refractivity contribution in [3.05, 3.63) is 12.3 Å². The minimum Gasteiger partial charge on any atom is -0.475 e. The van der Waals surface area contributed by atoms with E-state index < -0.39 is 18.6 Å². The average Bonchev–Trinajstić information content (AvgIpc) is 2.13. The molecule has 1 rings (SSSR count). The van der Waals surface area contributed by atoms with E-state index in [2.05, 4.69) is 15.3 Å². The minimum atomic E-state index is -4.21. The number of ether oxygens (including phenoxy) is 1. The van der Waals surface area contributed by atoms with Gasteiger partial charge in [-0.25, -0.2) is 4.98 Å². The molecule has 0 spiro atoms. The average molecular weight is 263 g/mol. The molecule has 1 unspecified atom stereocenters. The van der Waals surface area contributed by atoms with Crippen molar-refractivity contribution < 1.29 is 17.9 Å². The summed E-state index contributed by atoms with van der Waals surface area (Å²) in [6, 6.07) is 0.763. The van der Waals surface area contributed by atoms with Crippen LogP contribution in [0.25, 0.3) is 0 Å². The summed E-state index contributed by atoms with van der Waals surface area (Å²) >= 11 is 0. The molecule has 1 aromatic heterocycles. The Hall–Kier alpha value is -1.53. The first-order chi connectivity index (χ1) is 8.26. The van der Waals surface area contributed by atoms with Gasteiger partial charge in [0.25, 0.3) is 0 Å². The molecule has 1 aromatic rings. The smallest absolute Gasteiger partial charge is 0.391 e. The Morgan fingerprint density at radius 1 is 1.33 bits per heavy atom. The third kappa shape index (κ3) is 5.70. The van der Waals surface area contributed by atoms with Crippen LogP contribution in [0.4, 0.5) is 19.1 Å². The van der Waals surface area contributed by atoms with E-state index in [1.54, 1.807) is 6.07 Å². The van der Waals surface area contributed by atoms with Crippen molar-refractivity contribution in [3.8, 4) is 5.88 Å². The van der Waals surface area contributed by atoms with Crippen molar-refractivity contribution >= 4 is 5.95 Å². The van der Waals surface area contributed by atoms with Crippen LogP contribution in [0.5, 0.6) is 5.88 Å². The summed E-state index contributed by atoms with van der Waals surface area (Å²) in [5.41, 5.74) is 0. The van der Waals surface area contributed by atoms with Gasteiger partial charge in [0.1, 0.15) is 0 Å². The Morgan fingerprint density at radius 2 is 2.00 bits per heavy atom. The molecular formula is C11H16F3N3O. The fourth-order valence-corrected chi connectivity index (χ4v) is 1.34. The van der Waals surface area contributed by atoms with Crippen molar-refractivity contribution in [3.63, 3.8) is 0 Å². The van der Waals surface area contributed by atoms with Crippen LogP contribution in [0, 0.1) is 0 Å². The largest absolute Gasteiger partial charge is 0.475 e. The minimum absolute atomic E-state index is 0.0552. The summed E-state index contributed by atoms with van der Waals surface area (Å²) in [6.07, 6.45) is -3.77. The van der Waals surface area contributed by atoms with E-state index in [-0.39, 0.29) is 12.1 Å². The number of nitrogens with zero attached hydrogens (tertiary/aromatic N) is 2. The molecule has 0 fully saturated rings. The van der Waals surface area contributed by atoms with Gasteiger partial charge in [0, 0.05) is 18.3 Å². The number of nitrogens with one attached hydrogen (secondary N) is 1. The summed E-state index contributed by atoms with van der Waals surface area (Å²) in [5.74, 6) is 0.464. The molecule has 7 heteroatoms. The van der Waals surface area contributed by atoms with Crippen molar-refractivity contribution in [2.75, 3.05) is 5.32 Å². The van der Waals surface area contributed by atoms with Gasteiger partial charge in [-0.1, -0.05) is 0 Å². The highest BCUT2D eigenvalue weighted by molar-refractivity contribution is 5.28. The Bertz CT molecular complexity index is 382. The molecule has 0 amide bonds. The number of alkyl halides is 3. The zero-order chi connectivity index (χ0) is 13.8. The zero-order valence-corrected chi connectivity index (χ0v) is 10.5. The van der Waals surface area contributed by atoms with Gasteiger partial charge in [0.05, 0.1) is 12.5 Å². The maximum atomic E-state index is 12.2. The van der Waals surface area contributed by atoms with Crippen molar-refractivity contribution in [2.24, 2.45) is 0 Å². The highest BCUT2D eigenvalue weighted by atomic mass is 19.4. The number of anilines is 1. The molecule has 0 aliphatic heterocycles. The Morgan fingerprint density at radius 3 is 2.56 bits per heavy atom. The second-order valence-electron chi connectivity index (χ2n) is 4.25. The van der Waals surface area contributed by atoms with Gasteiger partial charge < -0.3 is 10.1 Å². The van der Waals surface area contributed by atoms with E-state index in [4.69, 9.17) is 4.74 Å². The van der Waals surface area contributed by atoms with Crippen molar-refractivity contribution in [1.82, 2.24) is 9.97 Å². The van der Waals surface area contributed by atoms with Crippen molar-refractivity contribution in [1.29, 1.82) is 0 Å². The number of rotatable bonds is 5. The van der Waals surface area contributed by atoms with Crippen molar-refractivity contribution in [2.45, 2.75) is 45.5 Å². The van der Waals surface area contributed by atoms with Crippen LogP contribution >= 0.6 is 0 Å². The molecule has 102 valence electrons. The molecule has 0 aromatic carbocycles. The normalized spacial score (nSPS) is 13.5. The first-order valence-electron chi connectivity index (χ1n) is 5.59. The summed E-state index contributed by atoms with van der Waals surface area (Å²) in [4.78, 5) is 7.82. The SMILES string of the molecule is CC(CC(F)(F)F)Nc1nccc(OC(C)C)n1. The third-order valence-corrected chi connectivity index (χ3v) is 1.90. The second-order valence-corrected chi connectivity index (χ2v) is 4.25. The molecule has 1 heterocycles. The van der Waals surface area contributed by atoms with Crippen LogP contribution in [0.15, 0.2) is 12.3 Å². The quantitative estimate of drug-likeness (QED) is 0.887. The monoisotopic (exact) mass is 263 g/mol. The molecule has 0 radical (unpaired) electrons. The first kappa shape index (κ1) is 14.5. The number of halogens is 3. The molecule has 0 aliphatic carbocycles. The van der Waals surface area contributed by atoms with Crippen LogP contribution in [-0.2, 0) is 0 Å². The van der Waals surface area contributed by atoms with E-state index in [0.29, 0.717) is 5.88 Å². The Balaban J connectivity index is 2.61. The molecule has 0 saturated carbocycles. The van der Waals surface area contributed by atoms with E-state index in [1.807, 2.05) is 13.8 Å². The first-order valence-corrected chi connectivity index (χ1v) is 5.59. The standard InChI is InChI=1S/C11H16F3N3O/c1-7(2)18-9-4-5-15-10(17-9)16-8(3)6-11(12,13)14/h4-5,7-8H,6H2,1-3H3,(H,15,16,17). The second kappa shape index (κ2) is 5.88. The summed E-state index contributed by atoms with van der Waals surface area (Å²) in [5, 5.41) is 2.59. The van der Waals surface area contributed by atoms with Gasteiger partial charge in [-0.2, -0.15) is 18.2 Å². The Labute approximate surface area is 104 Å². The predicted octanol–water partition coefficient (Wildman–Crippen LogP) is 3.02. The number of aromatic nitrogens is 2. The van der Waals surface area contributed by atoms with Gasteiger partial charge in [-0.15, -0.1) is 0 Å². The lowest BCUT2D eigenvalue weighted by Gasteiger charge is -2.16. The van der Waals surface area contributed by atoms with Crippen LogP contribution in [0.1, 0.15) is 27.2 Å². The topological polar surface area (TPSA) is 47.0 Å². The van der Waals surface area contributed by atoms with Crippen LogP contribution in [0.3, 0.4) is 0 Å². The highest BCUT2D eigenvalue weighted by Gasteiger charge is 2.30. The summed E-state index contributed by atoms with van der Waals surface area (Å²) in [6.45, 7) is 5.09. The maximum Gasteiger partial charge on any atom is 0.391 e. The third-order valence-electron chi connectivity index (χ3n) is 1.90. The van der Waals surface area contributed by atoms with Gasteiger partial charge >= 0.3 is 6.18 Å². The molecular weight excluding hydrogens is 247 g/mol. The maximum absolute atomic E-state index is 12.2. The lowest BCUT2D eigenvalue weighted by molar-refractivity contribution is -0.136.